The van der Waals surface area contributed by atoms with Crippen molar-refractivity contribution in [2.24, 2.45) is 0 Å². The summed E-state index contributed by atoms with van der Waals surface area (Å²) in [5.41, 5.74) is 4.65. The van der Waals surface area contributed by atoms with Crippen molar-refractivity contribution in [3.63, 3.8) is 0 Å². The number of hydrogen-bond acceptors (Lipinski definition) is 4. The van der Waals surface area contributed by atoms with Gasteiger partial charge in [-0.15, -0.1) is 11.3 Å². The van der Waals surface area contributed by atoms with E-state index in [4.69, 9.17) is 4.74 Å². The van der Waals surface area contributed by atoms with Crippen LogP contribution < -0.4 is 10.1 Å². The Balaban J connectivity index is 1.44. The molecule has 0 unspecified atom stereocenters. The van der Waals surface area contributed by atoms with Gasteiger partial charge in [-0.2, -0.15) is 0 Å². The number of nitrogens with one attached hydrogen (secondary N) is 1. The number of amides is 1. The lowest BCUT2D eigenvalue weighted by molar-refractivity contribution is -0.116. The molecule has 0 aliphatic rings. The van der Waals surface area contributed by atoms with E-state index in [1.807, 2.05) is 41.8 Å². The smallest absolute Gasteiger partial charge is 0.224 e. The maximum Gasteiger partial charge on any atom is 0.224 e. The van der Waals surface area contributed by atoms with E-state index in [-0.39, 0.29) is 5.91 Å². The summed E-state index contributed by atoms with van der Waals surface area (Å²) >= 11 is 4.98. The fourth-order valence-corrected chi connectivity index (χ4v) is 3.44. The lowest BCUT2D eigenvalue weighted by Crippen LogP contribution is -2.12. The summed E-state index contributed by atoms with van der Waals surface area (Å²) in [6, 6.07) is 15.8. The van der Waals surface area contributed by atoms with Crippen molar-refractivity contribution in [1.29, 1.82) is 0 Å². The molecule has 4 nitrogen and oxygen atoms in total. The molecule has 0 aliphatic carbocycles. The maximum atomic E-state index is 12.3. The van der Waals surface area contributed by atoms with Gasteiger partial charge < -0.3 is 10.1 Å². The number of ether oxygens (including phenoxy) is 1. The molecule has 0 saturated heterocycles. The molecule has 1 amide bonds. The first-order chi connectivity index (χ1) is 13.2. The number of aryl methyl sites for hydroxylation is 1. The van der Waals surface area contributed by atoms with E-state index < -0.39 is 0 Å². The average Bonchev–Trinajstić information content (AvgIpc) is 3.20. The molecule has 1 heterocycles. The van der Waals surface area contributed by atoms with E-state index in [2.05, 4.69) is 38.4 Å². The number of rotatable bonds is 9. The number of benzene rings is 2. The number of hydrogen-bond donors (Lipinski definition) is 1. The standard InChI is InChI=1S/C21H21BrN2O2S/c22-17-11-9-16(10-12-17)5-1-4-8-21(25)24-19-6-2-3-7-20(19)26-13-18-14-27-15-23-18/h2-3,6-7,9-12,14-15H,1,4-5,8,13H2,(H,24,25). The van der Waals surface area contributed by atoms with Crippen LogP contribution in [0, 0.1) is 0 Å². The summed E-state index contributed by atoms with van der Waals surface area (Å²) in [7, 11) is 0. The van der Waals surface area contributed by atoms with Crippen LogP contribution in [-0.4, -0.2) is 10.9 Å². The van der Waals surface area contributed by atoms with Gasteiger partial charge in [0.2, 0.25) is 5.91 Å². The van der Waals surface area contributed by atoms with E-state index in [0.717, 1.165) is 29.4 Å². The number of unbranched alkanes of at least 4 members (excludes halogenated alkanes) is 1. The summed E-state index contributed by atoms with van der Waals surface area (Å²) < 4.78 is 6.89. The molecule has 27 heavy (non-hydrogen) atoms. The molecular weight excluding hydrogens is 424 g/mol. The number of anilines is 1. The first kappa shape index (κ1) is 19.6. The zero-order valence-electron chi connectivity index (χ0n) is 14.9. The third-order valence-electron chi connectivity index (χ3n) is 4.05. The Bertz CT molecular complexity index is 851. The zero-order valence-corrected chi connectivity index (χ0v) is 17.3. The molecular formula is C21H21BrN2O2S. The summed E-state index contributed by atoms with van der Waals surface area (Å²) in [5.74, 6) is 0.671. The largest absolute Gasteiger partial charge is 0.485 e. The molecule has 1 N–H and O–H groups in total. The lowest BCUT2D eigenvalue weighted by Gasteiger charge is -2.12. The molecule has 0 aliphatic heterocycles. The summed E-state index contributed by atoms with van der Waals surface area (Å²) in [5, 5.41) is 4.91. The molecule has 0 bridgehead atoms. The third kappa shape index (κ3) is 6.48. The topological polar surface area (TPSA) is 51.2 Å². The lowest BCUT2D eigenvalue weighted by atomic mass is 10.1. The zero-order chi connectivity index (χ0) is 18.9. The highest BCUT2D eigenvalue weighted by molar-refractivity contribution is 9.10. The first-order valence-electron chi connectivity index (χ1n) is 8.84. The molecule has 0 spiro atoms. The van der Waals surface area contributed by atoms with E-state index >= 15 is 0 Å². The summed E-state index contributed by atoms with van der Waals surface area (Å²) in [6.45, 7) is 0.392. The Labute approximate surface area is 171 Å². The van der Waals surface area contributed by atoms with Crippen molar-refractivity contribution in [1.82, 2.24) is 4.98 Å². The van der Waals surface area contributed by atoms with Gasteiger partial charge in [-0.3, -0.25) is 4.79 Å². The van der Waals surface area contributed by atoms with Gasteiger partial charge in [0.25, 0.3) is 0 Å². The van der Waals surface area contributed by atoms with Gasteiger partial charge in [0, 0.05) is 16.3 Å². The molecule has 1 aromatic heterocycles. The summed E-state index contributed by atoms with van der Waals surface area (Å²) in [6.07, 6.45) is 3.31. The Morgan fingerprint density at radius 3 is 2.70 bits per heavy atom. The third-order valence-corrected chi connectivity index (χ3v) is 5.22. The Morgan fingerprint density at radius 1 is 1.11 bits per heavy atom. The van der Waals surface area contributed by atoms with Crippen LogP contribution in [0.25, 0.3) is 0 Å². The molecule has 3 aromatic rings. The predicted octanol–water partition coefficient (Wildman–Crippen LogP) is 5.84. The van der Waals surface area contributed by atoms with Crippen LogP contribution in [0.1, 0.15) is 30.5 Å². The van der Waals surface area contributed by atoms with Crippen LogP contribution in [0.15, 0.2) is 63.9 Å². The minimum atomic E-state index is 0.00974. The maximum absolute atomic E-state index is 12.3. The van der Waals surface area contributed by atoms with Crippen molar-refractivity contribution in [2.45, 2.75) is 32.3 Å². The van der Waals surface area contributed by atoms with E-state index in [1.165, 1.54) is 16.9 Å². The average molecular weight is 445 g/mol. The van der Waals surface area contributed by atoms with Crippen LogP contribution in [-0.2, 0) is 17.8 Å². The molecule has 2 aromatic carbocycles. The second kappa shape index (κ2) is 10.2. The Kier molecular flexibility index (Phi) is 7.42. The fraction of sp³-hybridized carbons (Fsp3) is 0.238. The number of thiazole rings is 1. The number of carbonyl (C=O) groups is 1. The minimum absolute atomic E-state index is 0.00974. The van der Waals surface area contributed by atoms with E-state index in [9.17, 15) is 4.79 Å². The fourth-order valence-electron chi connectivity index (χ4n) is 2.63. The highest BCUT2D eigenvalue weighted by Crippen LogP contribution is 2.25. The van der Waals surface area contributed by atoms with Crippen molar-refractivity contribution >= 4 is 38.9 Å². The first-order valence-corrected chi connectivity index (χ1v) is 10.6. The van der Waals surface area contributed by atoms with Gasteiger partial charge in [-0.05, 0) is 49.1 Å². The number of halogens is 1. The Morgan fingerprint density at radius 2 is 1.93 bits per heavy atom. The van der Waals surface area contributed by atoms with Crippen LogP contribution in [0.3, 0.4) is 0 Å². The van der Waals surface area contributed by atoms with Gasteiger partial charge in [0.1, 0.15) is 12.4 Å². The normalized spacial score (nSPS) is 10.6. The number of aromatic nitrogens is 1. The SMILES string of the molecule is O=C(CCCCc1ccc(Br)cc1)Nc1ccccc1OCc1cscn1. The van der Waals surface area contributed by atoms with Gasteiger partial charge in [-0.1, -0.05) is 40.2 Å². The molecule has 3 rings (SSSR count). The molecule has 140 valence electrons. The molecule has 0 fully saturated rings. The van der Waals surface area contributed by atoms with Gasteiger partial charge in [0.15, 0.2) is 0 Å². The number of nitrogens with zero attached hydrogens (tertiary/aromatic N) is 1. The quantitative estimate of drug-likeness (QED) is 0.422. The van der Waals surface area contributed by atoms with Gasteiger partial charge in [0.05, 0.1) is 16.9 Å². The minimum Gasteiger partial charge on any atom is -0.485 e. The van der Waals surface area contributed by atoms with Gasteiger partial charge >= 0.3 is 0 Å². The number of carbonyl (C=O) groups excluding carboxylic acids is 1. The second-order valence-corrected chi connectivity index (χ2v) is 7.78. The van der Waals surface area contributed by atoms with Gasteiger partial charge in [-0.25, -0.2) is 4.98 Å². The van der Waals surface area contributed by atoms with Crippen LogP contribution in [0.5, 0.6) is 5.75 Å². The molecule has 0 atom stereocenters. The predicted molar refractivity (Wildman–Crippen MR) is 113 cm³/mol. The summed E-state index contributed by atoms with van der Waals surface area (Å²) in [4.78, 5) is 16.5. The highest BCUT2D eigenvalue weighted by Gasteiger charge is 2.08. The van der Waals surface area contributed by atoms with Crippen LogP contribution in [0.2, 0.25) is 0 Å². The Hall–Kier alpha value is -2.18. The second-order valence-electron chi connectivity index (χ2n) is 6.15. The molecule has 6 heteroatoms. The van der Waals surface area contributed by atoms with Crippen LogP contribution in [0.4, 0.5) is 5.69 Å². The number of para-hydroxylation sites is 2. The monoisotopic (exact) mass is 444 g/mol. The van der Waals surface area contributed by atoms with Crippen molar-refractivity contribution in [3.8, 4) is 5.75 Å². The highest BCUT2D eigenvalue weighted by atomic mass is 79.9. The van der Waals surface area contributed by atoms with Crippen molar-refractivity contribution in [3.05, 3.63) is 75.2 Å². The van der Waals surface area contributed by atoms with Crippen molar-refractivity contribution in [2.75, 3.05) is 5.32 Å². The van der Waals surface area contributed by atoms with Crippen LogP contribution >= 0.6 is 27.3 Å². The van der Waals surface area contributed by atoms with E-state index in [1.54, 1.807) is 5.51 Å². The van der Waals surface area contributed by atoms with Crippen molar-refractivity contribution < 1.29 is 9.53 Å². The molecule has 0 saturated carbocycles. The molecule has 0 radical (unpaired) electrons. The van der Waals surface area contributed by atoms with E-state index in [0.29, 0.717) is 24.5 Å².